The number of rotatable bonds is 3. The van der Waals surface area contributed by atoms with E-state index in [-0.39, 0.29) is 18.4 Å². The van der Waals surface area contributed by atoms with E-state index in [4.69, 9.17) is 10.5 Å². The summed E-state index contributed by atoms with van der Waals surface area (Å²) >= 11 is 0. The van der Waals surface area contributed by atoms with Crippen LogP contribution in [0.25, 0.3) is 0 Å². The van der Waals surface area contributed by atoms with Gasteiger partial charge in [0.05, 0.1) is 7.11 Å². The van der Waals surface area contributed by atoms with Gasteiger partial charge in [-0.05, 0) is 36.5 Å². The van der Waals surface area contributed by atoms with E-state index in [0.29, 0.717) is 5.92 Å². The Labute approximate surface area is 97.2 Å². The standard InChI is InChI=1S/C12H17NO.ClH/c1-14-11-7-5-10(6-8-11)12(13)9-3-2-4-9;/h5-9,12H,2-4,13H2,1H3;1H/t12-;/m0./s1. The van der Waals surface area contributed by atoms with Crippen LogP contribution in [0, 0.1) is 5.92 Å². The van der Waals surface area contributed by atoms with Crippen LogP contribution in [-0.4, -0.2) is 7.11 Å². The van der Waals surface area contributed by atoms with E-state index in [1.165, 1.54) is 24.8 Å². The van der Waals surface area contributed by atoms with E-state index in [9.17, 15) is 0 Å². The van der Waals surface area contributed by atoms with Crippen LogP contribution >= 0.6 is 12.4 Å². The lowest BCUT2D eigenvalue weighted by Gasteiger charge is -2.31. The van der Waals surface area contributed by atoms with Crippen molar-refractivity contribution in [3.05, 3.63) is 29.8 Å². The first-order valence-electron chi connectivity index (χ1n) is 5.21. The molecule has 1 aliphatic carbocycles. The Bertz CT molecular complexity index is 295. The van der Waals surface area contributed by atoms with Crippen molar-refractivity contribution in [3.8, 4) is 5.75 Å². The Hall–Kier alpha value is -0.730. The van der Waals surface area contributed by atoms with Gasteiger partial charge in [0.2, 0.25) is 0 Å². The lowest BCUT2D eigenvalue weighted by molar-refractivity contribution is 0.264. The number of nitrogens with two attached hydrogens (primary N) is 1. The van der Waals surface area contributed by atoms with Crippen molar-refractivity contribution >= 4 is 12.4 Å². The first-order chi connectivity index (χ1) is 6.81. The molecule has 2 nitrogen and oxygen atoms in total. The fraction of sp³-hybridized carbons (Fsp3) is 0.500. The first-order valence-corrected chi connectivity index (χ1v) is 5.21. The largest absolute Gasteiger partial charge is 0.497 e. The highest BCUT2D eigenvalue weighted by Gasteiger charge is 2.25. The third-order valence-electron chi connectivity index (χ3n) is 3.16. The summed E-state index contributed by atoms with van der Waals surface area (Å²) in [6.07, 6.45) is 3.91. The van der Waals surface area contributed by atoms with Gasteiger partial charge in [-0.1, -0.05) is 18.6 Å². The Balaban J connectivity index is 0.00000112. The molecular formula is C12H18ClNO. The molecule has 0 heterocycles. The summed E-state index contributed by atoms with van der Waals surface area (Å²) in [7, 11) is 1.68. The molecule has 0 radical (unpaired) electrons. The molecule has 1 aliphatic rings. The van der Waals surface area contributed by atoms with E-state index in [0.717, 1.165) is 5.75 Å². The normalized spacial score (nSPS) is 17.5. The summed E-state index contributed by atoms with van der Waals surface area (Å²) < 4.78 is 5.11. The smallest absolute Gasteiger partial charge is 0.118 e. The second-order valence-electron chi connectivity index (χ2n) is 3.99. The van der Waals surface area contributed by atoms with Crippen LogP contribution in [0.5, 0.6) is 5.75 Å². The van der Waals surface area contributed by atoms with Crippen molar-refractivity contribution < 1.29 is 4.74 Å². The maximum atomic E-state index is 6.15. The van der Waals surface area contributed by atoms with Crippen molar-refractivity contribution in [2.75, 3.05) is 7.11 Å². The molecule has 2 N–H and O–H groups in total. The van der Waals surface area contributed by atoms with Crippen molar-refractivity contribution in [3.63, 3.8) is 0 Å². The SMILES string of the molecule is COc1ccc([C@@H](N)C2CCC2)cc1.Cl. The van der Waals surface area contributed by atoms with Crippen LogP contribution in [-0.2, 0) is 0 Å². The predicted molar refractivity (Wildman–Crippen MR) is 64.5 cm³/mol. The third-order valence-corrected chi connectivity index (χ3v) is 3.16. The highest BCUT2D eigenvalue weighted by atomic mass is 35.5. The maximum Gasteiger partial charge on any atom is 0.118 e. The van der Waals surface area contributed by atoms with E-state index >= 15 is 0 Å². The van der Waals surface area contributed by atoms with Crippen molar-refractivity contribution in [2.45, 2.75) is 25.3 Å². The summed E-state index contributed by atoms with van der Waals surface area (Å²) in [6.45, 7) is 0. The van der Waals surface area contributed by atoms with Crippen LogP contribution in [0.1, 0.15) is 30.9 Å². The maximum absolute atomic E-state index is 6.15. The van der Waals surface area contributed by atoms with Gasteiger partial charge in [0, 0.05) is 6.04 Å². The molecule has 0 spiro atoms. The monoisotopic (exact) mass is 227 g/mol. The zero-order chi connectivity index (χ0) is 9.97. The molecule has 3 heteroatoms. The van der Waals surface area contributed by atoms with Crippen LogP contribution in [0.3, 0.4) is 0 Å². The molecule has 15 heavy (non-hydrogen) atoms. The topological polar surface area (TPSA) is 35.2 Å². The summed E-state index contributed by atoms with van der Waals surface area (Å²) in [5, 5.41) is 0. The molecule has 1 atom stereocenters. The van der Waals surface area contributed by atoms with Gasteiger partial charge in [0.1, 0.15) is 5.75 Å². The summed E-state index contributed by atoms with van der Waals surface area (Å²) in [4.78, 5) is 0. The first kappa shape index (κ1) is 12.3. The molecule has 0 saturated heterocycles. The minimum absolute atomic E-state index is 0. The van der Waals surface area contributed by atoms with Crippen LogP contribution in [0.4, 0.5) is 0 Å². The molecule has 0 aliphatic heterocycles. The zero-order valence-electron chi connectivity index (χ0n) is 8.98. The van der Waals surface area contributed by atoms with E-state index in [1.54, 1.807) is 7.11 Å². The Morgan fingerprint density at radius 3 is 2.27 bits per heavy atom. The summed E-state index contributed by atoms with van der Waals surface area (Å²) in [5.74, 6) is 1.60. The lowest BCUT2D eigenvalue weighted by Crippen LogP contribution is -2.26. The van der Waals surface area contributed by atoms with Gasteiger partial charge in [0.15, 0.2) is 0 Å². The summed E-state index contributed by atoms with van der Waals surface area (Å²) in [6, 6.07) is 8.32. The minimum Gasteiger partial charge on any atom is -0.497 e. The molecular weight excluding hydrogens is 210 g/mol. The molecule has 84 valence electrons. The molecule has 0 bridgehead atoms. The van der Waals surface area contributed by atoms with Crippen molar-refractivity contribution in [2.24, 2.45) is 11.7 Å². The highest BCUT2D eigenvalue weighted by Crippen LogP contribution is 2.36. The zero-order valence-corrected chi connectivity index (χ0v) is 9.80. The van der Waals surface area contributed by atoms with Gasteiger partial charge in [-0.3, -0.25) is 0 Å². The Morgan fingerprint density at radius 2 is 1.87 bits per heavy atom. The van der Waals surface area contributed by atoms with Crippen LogP contribution in [0.15, 0.2) is 24.3 Å². The number of halogens is 1. The molecule has 0 amide bonds. The fourth-order valence-corrected chi connectivity index (χ4v) is 1.90. The van der Waals surface area contributed by atoms with Gasteiger partial charge in [-0.2, -0.15) is 0 Å². The summed E-state index contributed by atoms with van der Waals surface area (Å²) in [5.41, 5.74) is 7.38. The second-order valence-corrected chi connectivity index (χ2v) is 3.99. The number of methoxy groups -OCH3 is 1. The van der Waals surface area contributed by atoms with Crippen LogP contribution < -0.4 is 10.5 Å². The van der Waals surface area contributed by atoms with Gasteiger partial charge < -0.3 is 10.5 Å². The molecule has 1 saturated carbocycles. The average Bonchev–Trinajstić information content (AvgIpc) is 2.15. The minimum atomic E-state index is 0. The highest BCUT2D eigenvalue weighted by molar-refractivity contribution is 5.85. The number of ether oxygens (including phenoxy) is 1. The second kappa shape index (κ2) is 5.38. The van der Waals surface area contributed by atoms with Crippen molar-refractivity contribution in [1.82, 2.24) is 0 Å². The van der Waals surface area contributed by atoms with E-state index in [1.807, 2.05) is 12.1 Å². The number of hydrogen-bond acceptors (Lipinski definition) is 2. The van der Waals surface area contributed by atoms with Gasteiger partial charge in [-0.25, -0.2) is 0 Å². The van der Waals surface area contributed by atoms with E-state index < -0.39 is 0 Å². The number of hydrogen-bond donors (Lipinski definition) is 1. The van der Waals surface area contributed by atoms with Gasteiger partial charge in [0.25, 0.3) is 0 Å². The van der Waals surface area contributed by atoms with Gasteiger partial charge >= 0.3 is 0 Å². The Morgan fingerprint density at radius 1 is 1.27 bits per heavy atom. The molecule has 0 unspecified atom stereocenters. The van der Waals surface area contributed by atoms with Gasteiger partial charge in [-0.15, -0.1) is 12.4 Å². The van der Waals surface area contributed by atoms with Crippen molar-refractivity contribution in [1.29, 1.82) is 0 Å². The lowest BCUT2D eigenvalue weighted by atomic mass is 9.78. The molecule has 2 rings (SSSR count). The average molecular weight is 228 g/mol. The Kier molecular flexibility index (Phi) is 4.43. The third kappa shape index (κ3) is 2.64. The number of benzene rings is 1. The molecule has 1 aromatic carbocycles. The molecule has 1 aromatic rings. The fourth-order valence-electron chi connectivity index (χ4n) is 1.90. The molecule has 1 fully saturated rings. The predicted octanol–water partition coefficient (Wildman–Crippen LogP) is 2.92. The van der Waals surface area contributed by atoms with Crippen LogP contribution in [0.2, 0.25) is 0 Å². The quantitative estimate of drug-likeness (QED) is 0.862. The molecule has 0 aromatic heterocycles. The van der Waals surface area contributed by atoms with E-state index in [2.05, 4.69) is 12.1 Å².